The highest BCUT2D eigenvalue weighted by molar-refractivity contribution is 5.75. The lowest BCUT2D eigenvalue weighted by molar-refractivity contribution is 0.166. The van der Waals surface area contributed by atoms with E-state index >= 15 is 0 Å². The van der Waals surface area contributed by atoms with Crippen LogP contribution < -0.4 is 5.32 Å². The van der Waals surface area contributed by atoms with Gasteiger partial charge in [-0.2, -0.15) is 0 Å². The second-order valence-corrected chi connectivity index (χ2v) is 6.21. The maximum absolute atomic E-state index is 14.0. The van der Waals surface area contributed by atoms with Gasteiger partial charge in [-0.05, 0) is 37.5 Å². The van der Waals surface area contributed by atoms with Gasteiger partial charge in [0.05, 0.1) is 12.1 Å². The second-order valence-electron chi connectivity index (χ2n) is 6.21. The summed E-state index contributed by atoms with van der Waals surface area (Å²) >= 11 is 0. The van der Waals surface area contributed by atoms with E-state index < -0.39 is 23.8 Å². The zero-order valence-electron chi connectivity index (χ0n) is 13.0. The van der Waals surface area contributed by atoms with Gasteiger partial charge in [0.15, 0.2) is 0 Å². The van der Waals surface area contributed by atoms with Gasteiger partial charge in [0.25, 0.3) is 0 Å². The average molecular weight is 312 g/mol. The normalized spacial score (nSPS) is 23.0. The van der Waals surface area contributed by atoms with Gasteiger partial charge in [0.2, 0.25) is 0 Å². The van der Waals surface area contributed by atoms with Crippen molar-refractivity contribution in [2.24, 2.45) is 5.92 Å². The molecule has 2 N–H and O–H groups in total. The number of amides is 2. The predicted molar refractivity (Wildman–Crippen MR) is 79.3 cm³/mol. The van der Waals surface area contributed by atoms with Crippen molar-refractivity contribution in [1.29, 1.82) is 0 Å². The lowest BCUT2D eigenvalue weighted by atomic mass is 10.0. The predicted octanol–water partition coefficient (Wildman–Crippen LogP) is 2.83. The average Bonchev–Trinajstić information content (AvgIpc) is 2.83. The number of likely N-dealkylation sites (tertiary alicyclic amines) is 1. The van der Waals surface area contributed by atoms with E-state index in [-0.39, 0.29) is 36.5 Å². The summed E-state index contributed by atoms with van der Waals surface area (Å²) in [6.07, 6.45) is -0.545. The molecular formula is C16H22F2N2O2. The molecule has 0 spiro atoms. The number of carbonyl (C=O) groups excluding carboxylic acids is 1. The van der Waals surface area contributed by atoms with E-state index in [1.54, 1.807) is 0 Å². The van der Waals surface area contributed by atoms with E-state index in [0.717, 1.165) is 18.2 Å². The van der Waals surface area contributed by atoms with Crippen LogP contribution in [-0.4, -0.2) is 34.7 Å². The number of nitrogens with one attached hydrogen (secondary N) is 1. The van der Waals surface area contributed by atoms with E-state index in [2.05, 4.69) is 5.32 Å². The van der Waals surface area contributed by atoms with Crippen molar-refractivity contribution in [3.63, 3.8) is 0 Å². The Morgan fingerprint density at radius 3 is 2.68 bits per heavy atom. The van der Waals surface area contributed by atoms with Crippen molar-refractivity contribution in [3.05, 3.63) is 35.4 Å². The van der Waals surface area contributed by atoms with Crippen LogP contribution in [0.25, 0.3) is 0 Å². The summed E-state index contributed by atoms with van der Waals surface area (Å²) in [5.41, 5.74) is 0.101. The largest absolute Gasteiger partial charge is 0.391 e. The van der Waals surface area contributed by atoms with E-state index in [9.17, 15) is 18.7 Å². The van der Waals surface area contributed by atoms with Gasteiger partial charge in [-0.3, -0.25) is 0 Å². The van der Waals surface area contributed by atoms with Crippen LogP contribution in [0.15, 0.2) is 18.2 Å². The molecule has 1 aromatic carbocycles. The van der Waals surface area contributed by atoms with Gasteiger partial charge < -0.3 is 15.3 Å². The van der Waals surface area contributed by atoms with Crippen LogP contribution >= 0.6 is 0 Å². The van der Waals surface area contributed by atoms with Crippen molar-refractivity contribution in [1.82, 2.24) is 10.2 Å². The molecule has 22 heavy (non-hydrogen) atoms. The lowest BCUT2D eigenvalue weighted by Crippen LogP contribution is -2.45. The van der Waals surface area contributed by atoms with Crippen LogP contribution in [0.3, 0.4) is 0 Å². The molecule has 122 valence electrons. The Bertz CT molecular complexity index is 551. The van der Waals surface area contributed by atoms with E-state index in [0.29, 0.717) is 0 Å². The molecule has 3 atom stereocenters. The summed E-state index contributed by atoms with van der Waals surface area (Å²) in [7, 11) is 0. The van der Waals surface area contributed by atoms with Crippen LogP contribution in [0.5, 0.6) is 0 Å². The number of halogens is 2. The third kappa shape index (κ3) is 3.55. The van der Waals surface area contributed by atoms with Gasteiger partial charge in [-0.25, -0.2) is 13.6 Å². The molecule has 3 unspecified atom stereocenters. The Labute approximate surface area is 129 Å². The standard InChI is InChI=1S/C16H22F2N2O2/c1-9(2)10(3)19-16(22)20-8-12(21)7-15(20)13-6-11(17)4-5-14(13)18/h4-6,9-10,12,15,21H,7-8H2,1-3H3,(H,19,22). The maximum atomic E-state index is 14.0. The summed E-state index contributed by atoms with van der Waals surface area (Å²) in [6, 6.07) is 2.08. The fourth-order valence-corrected chi connectivity index (χ4v) is 2.55. The molecular weight excluding hydrogens is 290 g/mol. The highest BCUT2D eigenvalue weighted by atomic mass is 19.1. The van der Waals surface area contributed by atoms with E-state index in [1.165, 1.54) is 4.90 Å². The number of β-amino-alcohol motifs (C(OH)–C–C–N with tert-alkyl or cyclic N) is 1. The molecule has 2 amide bonds. The molecule has 0 bridgehead atoms. The zero-order chi connectivity index (χ0) is 16.4. The van der Waals surface area contributed by atoms with Gasteiger partial charge >= 0.3 is 6.03 Å². The number of hydrogen-bond donors (Lipinski definition) is 2. The SMILES string of the molecule is CC(C)C(C)NC(=O)N1CC(O)CC1c1cc(F)ccc1F. The number of rotatable bonds is 3. The molecule has 6 heteroatoms. The van der Waals surface area contributed by atoms with Crippen LogP contribution in [0, 0.1) is 17.6 Å². The number of urea groups is 1. The molecule has 0 aliphatic carbocycles. The second kappa shape index (κ2) is 6.60. The van der Waals surface area contributed by atoms with Gasteiger partial charge in [0.1, 0.15) is 11.6 Å². The van der Waals surface area contributed by atoms with E-state index in [4.69, 9.17) is 0 Å². The van der Waals surface area contributed by atoms with Gasteiger partial charge in [0, 0.05) is 18.2 Å². The van der Waals surface area contributed by atoms with Crippen molar-refractivity contribution in [2.75, 3.05) is 6.54 Å². The molecule has 2 rings (SSSR count). The molecule has 1 heterocycles. The summed E-state index contributed by atoms with van der Waals surface area (Å²) in [5, 5.41) is 12.7. The molecule has 1 saturated heterocycles. The molecule has 1 aliphatic rings. The molecule has 4 nitrogen and oxygen atoms in total. The minimum atomic E-state index is -0.743. The van der Waals surface area contributed by atoms with Crippen molar-refractivity contribution in [2.45, 2.75) is 45.4 Å². The number of hydrogen-bond acceptors (Lipinski definition) is 2. The quantitative estimate of drug-likeness (QED) is 0.902. The maximum Gasteiger partial charge on any atom is 0.318 e. The summed E-state index contributed by atoms with van der Waals surface area (Å²) < 4.78 is 27.4. The summed E-state index contributed by atoms with van der Waals surface area (Å²) in [4.78, 5) is 13.7. The topological polar surface area (TPSA) is 52.6 Å². The highest BCUT2D eigenvalue weighted by Gasteiger charge is 2.37. The number of aliphatic hydroxyl groups excluding tert-OH is 1. The first-order chi connectivity index (χ1) is 10.3. The number of benzene rings is 1. The lowest BCUT2D eigenvalue weighted by Gasteiger charge is -2.28. The van der Waals surface area contributed by atoms with Crippen LogP contribution in [-0.2, 0) is 0 Å². The molecule has 1 fully saturated rings. The van der Waals surface area contributed by atoms with Crippen LogP contribution in [0.4, 0.5) is 13.6 Å². The van der Waals surface area contributed by atoms with Gasteiger partial charge in [-0.15, -0.1) is 0 Å². The van der Waals surface area contributed by atoms with Crippen LogP contribution in [0.2, 0.25) is 0 Å². The molecule has 0 saturated carbocycles. The third-order valence-electron chi connectivity index (χ3n) is 4.21. The molecule has 1 aromatic rings. The summed E-state index contributed by atoms with van der Waals surface area (Å²) in [5.74, 6) is -0.885. The van der Waals surface area contributed by atoms with E-state index in [1.807, 2.05) is 20.8 Å². The molecule has 1 aliphatic heterocycles. The Kier molecular flexibility index (Phi) is 5.01. The van der Waals surface area contributed by atoms with Crippen molar-refractivity contribution in [3.8, 4) is 0 Å². The fourth-order valence-electron chi connectivity index (χ4n) is 2.55. The summed E-state index contributed by atoms with van der Waals surface area (Å²) in [6.45, 7) is 5.95. The first-order valence-corrected chi connectivity index (χ1v) is 7.49. The third-order valence-corrected chi connectivity index (χ3v) is 4.21. The van der Waals surface area contributed by atoms with Crippen LogP contribution in [0.1, 0.15) is 38.8 Å². The minimum Gasteiger partial charge on any atom is -0.391 e. The number of carbonyl (C=O) groups is 1. The Balaban J connectivity index is 2.22. The molecule has 0 aromatic heterocycles. The van der Waals surface area contributed by atoms with Crippen molar-refractivity contribution < 1.29 is 18.7 Å². The first-order valence-electron chi connectivity index (χ1n) is 7.49. The monoisotopic (exact) mass is 312 g/mol. The fraction of sp³-hybridized carbons (Fsp3) is 0.562. The number of nitrogens with zero attached hydrogens (tertiary/aromatic N) is 1. The first kappa shape index (κ1) is 16.7. The Morgan fingerprint density at radius 2 is 2.05 bits per heavy atom. The Hall–Kier alpha value is -1.69. The van der Waals surface area contributed by atoms with Crippen molar-refractivity contribution >= 4 is 6.03 Å². The minimum absolute atomic E-state index is 0.0525. The zero-order valence-corrected chi connectivity index (χ0v) is 13.0. The molecule has 0 radical (unpaired) electrons. The Morgan fingerprint density at radius 1 is 1.36 bits per heavy atom. The smallest absolute Gasteiger partial charge is 0.318 e. The highest BCUT2D eigenvalue weighted by Crippen LogP contribution is 2.34. The van der Waals surface area contributed by atoms with Gasteiger partial charge in [-0.1, -0.05) is 13.8 Å². The number of aliphatic hydroxyl groups is 1.